The van der Waals surface area contributed by atoms with Crippen LogP contribution in [0, 0.1) is 0 Å². The summed E-state index contributed by atoms with van der Waals surface area (Å²) in [5.41, 5.74) is 0. The molecule has 0 aliphatic rings. The third-order valence-corrected chi connectivity index (χ3v) is 3.24. The van der Waals surface area contributed by atoms with Crippen LogP contribution >= 0.6 is 0 Å². The van der Waals surface area contributed by atoms with E-state index in [1.165, 1.54) is 57.4 Å². The molecular weight excluding hydrogens is 238 g/mol. The minimum absolute atomic E-state index is 0.339. The maximum Gasteiger partial charge on any atom is 0.330 e. The summed E-state index contributed by atoms with van der Waals surface area (Å²) in [6, 6.07) is 0.564. The lowest BCUT2D eigenvalue weighted by Gasteiger charge is -2.18. The molecule has 1 unspecified atom stereocenters. The van der Waals surface area contributed by atoms with E-state index >= 15 is 0 Å². The molecule has 3 heteroatoms. The van der Waals surface area contributed by atoms with Gasteiger partial charge in [-0.25, -0.2) is 4.79 Å². The summed E-state index contributed by atoms with van der Waals surface area (Å²) in [5, 5.41) is 3.48. The number of unbranched alkanes of at least 4 members (excludes halogenated alkanes) is 4. The van der Waals surface area contributed by atoms with Crippen LogP contribution in [0.1, 0.15) is 65.2 Å². The zero-order chi connectivity index (χ0) is 14.3. The van der Waals surface area contributed by atoms with Crippen LogP contribution in [0.5, 0.6) is 0 Å². The Hall–Kier alpha value is -0.830. The van der Waals surface area contributed by atoms with Crippen molar-refractivity contribution in [3.63, 3.8) is 0 Å². The fraction of sp³-hybridized carbons (Fsp3) is 0.812. The van der Waals surface area contributed by atoms with Crippen molar-refractivity contribution >= 4 is 5.97 Å². The van der Waals surface area contributed by atoms with Crippen LogP contribution in [-0.2, 0) is 9.53 Å². The maximum atomic E-state index is 10.9. The largest absolute Gasteiger partial charge is 0.461 e. The fourth-order valence-corrected chi connectivity index (χ4v) is 2.16. The molecule has 0 heterocycles. The van der Waals surface area contributed by atoms with E-state index in [1.54, 1.807) is 0 Å². The molecule has 0 aromatic carbocycles. The number of hydrogen-bond acceptors (Lipinski definition) is 3. The summed E-state index contributed by atoms with van der Waals surface area (Å²) < 4.78 is 4.96. The van der Waals surface area contributed by atoms with Gasteiger partial charge in [-0.1, -0.05) is 59.0 Å². The van der Waals surface area contributed by atoms with E-state index in [0.717, 1.165) is 6.54 Å². The smallest absolute Gasteiger partial charge is 0.330 e. The topological polar surface area (TPSA) is 38.3 Å². The van der Waals surface area contributed by atoms with Crippen molar-refractivity contribution in [2.75, 3.05) is 13.2 Å². The second-order valence-corrected chi connectivity index (χ2v) is 5.01. The van der Waals surface area contributed by atoms with Gasteiger partial charge in [-0.15, -0.1) is 0 Å². The molecule has 0 aromatic heterocycles. The lowest BCUT2D eigenvalue weighted by molar-refractivity contribution is -0.137. The van der Waals surface area contributed by atoms with E-state index in [-0.39, 0.29) is 5.97 Å². The van der Waals surface area contributed by atoms with Crippen molar-refractivity contribution in [1.29, 1.82) is 0 Å². The number of carbonyl (C=O) groups excluding carboxylic acids is 1. The molecule has 3 nitrogen and oxygen atoms in total. The molecule has 1 N–H and O–H groups in total. The van der Waals surface area contributed by atoms with Gasteiger partial charge in [0.15, 0.2) is 0 Å². The van der Waals surface area contributed by atoms with Gasteiger partial charge < -0.3 is 10.1 Å². The van der Waals surface area contributed by atoms with E-state index in [0.29, 0.717) is 12.6 Å². The third kappa shape index (κ3) is 12.0. The number of rotatable bonds is 13. The Balaban J connectivity index is 3.61. The van der Waals surface area contributed by atoms with E-state index in [9.17, 15) is 4.79 Å². The molecule has 0 bridgehead atoms. The quantitative estimate of drug-likeness (QED) is 0.314. The fourth-order valence-electron chi connectivity index (χ4n) is 2.16. The summed E-state index contributed by atoms with van der Waals surface area (Å²) in [7, 11) is 0. The Morgan fingerprint density at radius 2 is 1.89 bits per heavy atom. The number of carbonyl (C=O) groups is 1. The summed E-state index contributed by atoms with van der Waals surface area (Å²) in [6.45, 7) is 8.99. The van der Waals surface area contributed by atoms with Gasteiger partial charge in [0, 0.05) is 18.7 Å². The number of ether oxygens (including phenoxy) is 1. The maximum absolute atomic E-state index is 10.9. The molecule has 0 amide bonds. The minimum Gasteiger partial charge on any atom is -0.461 e. The second kappa shape index (κ2) is 13.6. The van der Waals surface area contributed by atoms with Gasteiger partial charge in [0.25, 0.3) is 0 Å². The molecule has 0 fully saturated rings. The summed E-state index contributed by atoms with van der Waals surface area (Å²) >= 11 is 0. The monoisotopic (exact) mass is 269 g/mol. The van der Waals surface area contributed by atoms with E-state index in [2.05, 4.69) is 25.7 Å². The molecule has 112 valence electrons. The van der Waals surface area contributed by atoms with Crippen molar-refractivity contribution < 1.29 is 9.53 Å². The zero-order valence-electron chi connectivity index (χ0n) is 12.7. The van der Waals surface area contributed by atoms with Crippen LogP contribution in [0.3, 0.4) is 0 Å². The predicted molar refractivity (Wildman–Crippen MR) is 81.2 cm³/mol. The normalized spacial score (nSPS) is 12.1. The second-order valence-electron chi connectivity index (χ2n) is 5.01. The highest BCUT2D eigenvalue weighted by Crippen LogP contribution is 2.10. The summed E-state index contributed by atoms with van der Waals surface area (Å²) in [5.74, 6) is -0.339. The standard InChI is InChI=1S/C16H31NO2/c1-4-7-8-9-10-12-15(11-5-2)17-13-14-19-16(18)6-3/h6,15,17H,3-5,7-14H2,1-2H3. The van der Waals surface area contributed by atoms with Gasteiger partial charge in [0.1, 0.15) is 6.61 Å². The highest BCUT2D eigenvalue weighted by molar-refractivity contribution is 5.81. The molecule has 0 aliphatic carbocycles. The average molecular weight is 269 g/mol. The van der Waals surface area contributed by atoms with Gasteiger partial charge >= 0.3 is 5.97 Å². The van der Waals surface area contributed by atoms with Crippen LogP contribution in [0.4, 0.5) is 0 Å². The molecule has 0 aliphatic heterocycles. The van der Waals surface area contributed by atoms with Crippen LogP contribution in [-0.4, -0.2) is 25.2 Å². The Morgan fingerprint density at radius 3 is 2.53 bits per heavy atom. The van der Waals surface area contributed by atoms with Crippen molar-refractivity contribution in [2.24, 2.45) is 0 Å². The van der Waals surface area contributed by atoms with Crippen molar-refractivity contribution in [3.8, 4) is 0 Å². The molecule has 0 saturated carbocycles. The SMILES string of the molecule is C=CC(=O)OCCNC(CCC)CCCCCCC. The molecule has 0 spiro atoms. The number of esters is 1. The first-order valence-corrected chi connectivity index (χ1v) is 7.77. The molecule has 0 saturated heterocycles. The lowest BCUT2D eigenvalue weighted by atomic mass is 10.0. The molecule has 0 rings (SSSR count). The van der Waals surface area contributed by atoms with Crippen molar-refractivity contribution in [3.05, 3.63) is 12.7 Å². The van der Waals surface area contributed by atoms with Gasteiger partial charge in [0.05, 0.1) is 0 Å². The minimum atomic E-state index is -0.339. The predicted octanol–water partition coefficient (Wildman–Crippen LogP) is 3.83. The molecule has 0 radical (unpaired) electrons. The average Bonchev–Trinajstić information content (AvgIpc) is 2.42. The Labute approximate surface area is 118 Å². The van der Waals surface area contributed by atoms with E-state index in [1.807, 2.05) is 0 Å². The van der Waals surface area contributed by atoms with Crippen LogP contribution in [0.15, 0.2) is 12.7 Å². The van der Waals surface area contributed by atoms with E-state index in [4.69, 9.17) is 4.74 Å². The molecule has 0 aromatic rings. The first kappa shape index (κ1) is 18.2. The Morgan fingerprint density at radius 1 is 1.16 bits per heavy atom. The van der Waals surface area contributed by atoms with Gasteiger partial charge in [-0.05, 0) is 12.8 Å². The van der Waals surface area contributed by atoms with Crippen molar-refractivity contribution in [2.45, 2.75) is 71.3 Å². The number of hydrogen-bond donors (Lipinski definition) is 1. The highest BCUT2D eigenvalue weighted by Gasteiger charge is 2.06. The van der Waals surface area contributed by atoms with Gasteiger partial charge in [0.2, 0.25) is 0 Å². The first-order chi connectivity index (χ1) is 9.24. The van der Waals surface area contributed by atoms with E-state index < -0.39 is 0 Å². The summed E-state index contributed by atoms with van der Waals surface area (Å²) in [6.07, 6.45) is 11.5. The van der Waals surface area contributed by atoms with Crippen molar-refractivity contribution in [1.82, 2.24) is 5.32 Å². The first-order valence-electron chi connectivity index (χ1n) is 7.77. The van der Waals surface area contributed by atoms with Crippen LogP contribution < -0.4 is 5.32 Å². The van der Waals surface area contributed by atoms with Gasteiger partial charge in [-0.3, -0.25) is 0 Å². The number of nitrogens with one attached hydrogen (secondary N) is 1. The lowest BCUT2D eigenvalue weighted by Crippen LogP contribution is -2.32. The highest BCUT2D eigenvalue weighted by atomic mass is 16.5. The van der Waals surface area contributed by atoms with Crippen LogP contribution in [0.25, 0.3) is 0 Å². The Bertz CT molecular complexity index is 229. The third-order valence-electron chi connectivity index (χ3n) is 3.24. The summed E-state index contributed by atoms with van der Waals surface area (Å²) in [4.78, 5) is 10.9. The Kier molecular flexibility index (Phi) is 13.0. The van der Waals surface area contributed by atoms with Crippen LogP contribution in [0.2, 0.25) is 0 Å². The molecule has 19 heavy (non-hydrogen) atoms. The molecular formula is C16H31NO2. The molecule has 1 atom stereocenters. The zero-order valence-corrected chi connectivity index (χ0v) is 12.7. The van der Waals surface area contributed by atoms with Gasteiger partial charge in [-0.2, -0.15) is 0 Å².